The fourth-order valence-corrected chi connectivity index (χ4v) is 2.53. The Bertz CT molecular complexity index is 331. The Kier molecular flexibility index (Phi) is 4.43. The monoisotopic (exact) mass is 232 g/mol. The highest BCUT2D eigenvalue weighted by Gasteiger charge is 2.16. The minimum atomic E-state index is 0.656. The maximum Gasteiger partial charge on any atom is 0.0366 e. The predicted molar refractivity (Wildman–Crippen MR) is 74.7 cm³/mol. The average Bonchev–Trinajstić information content (AvgIpc) is 2.56. The molecule has 1 atom stereocenters. The molecule has 1 heterocycles. The topological polar surface area (TPSA) is 15.3 Å². The number of benzene rings is 1. The van der Waals surface area contributed by atoms with E-state index in [0.717, 1.165) is 13.1 Å². The predicted octanol–water partition coefficient (Wildman–Crippen LogP) is 2.96. The molecule has 2 rings (SSSR count). The average molecular weight is 232 g/mol. The first-order chi connectivity index (χ1) is 8.29. The lowest BCUT2D eigenvalue weighted by molar-refractivity contribution is 0.502. The molecular weight excluding hydrogens is 208 g/mol. The second kappa shape index (κ2) is 6.06. The van der Waals surface area contributed by atoms with Crippen molar-refractivity contribution in [1.29, 1.82) is 0 Å². The van der Waals surface area contributed by atoms with Gasteiger partial charge >= 0.3 is 0 Å². The zero-order valence-corrected chi connectivity index (χ0v) is 11.1. The third kappa shape index (κ3) is 3.47. The molecule has 1 fully saturated rings. The van der Waals surface area contributed by atoms with E-state index in [1.165, 1.54) is 37.1 Å². The summed E-state index contributed by atoms with van der Waals surface area (Å²) in [7, 11) is 0. The molecule has 0 amide bonds. The molecule has 1 aliphatic heterocycles. The Labute approximate surface area is 105 Å². The molecule has 2 heteroatoms. The van der Waals surface area contributed by atoms with Crippen molar-refractivity contribution in [2.45, 2.75) is 39.2 Å². The van der Waals surface area contributed by atoms with Crippen LogP contribution in [0.3, 0.4) is 0 Å². The van der Waals surface area contributed by atoms with Crippen LogP contribution in [0.1, 0.15) is 31.7 Å². The van der Waals surface area contributed by atoms with E-state index >= 15 is 0 Å². The van der Waals surface area contributed by atoms with Crippen LogP contribution in [0.2, 0.25) is 0 Å². The highest BCUT2D eigenvalue weighted by Crippen LogP contribution is 2.18. The van der Waals surface area contributed by atoms with Crippen molar-refractivity contribution in [3.63, 3.8) is 0 Å². The normalized spacial score (nSPS) is 21.3. The molecule has 1 aliphatic rings. The van der Waals surface area contributed by atoms with Gasteiger partial charge in [-0.25, -0.2) is 0 Å². The zero-order chi connectivity index (χ0) is 12.1. The Morgan fingerprint density at radius 2 is 2.06 bits per heavy atom. The number of rotatable bonds is 3. The number of hydrogen-bond donors (Lipinski definition) is 1. The number of anilines is 1. The fourth-order valence-electron chi connectivity index (χ4n) is 2.53. The van der Waals surface area contributed by atoms with Crippen molar-refractivity contribution in [3.05, 3.63) is 29.8 Å². The molecule has 17 heavy (non-hydrogen) atoms. The van der Waals surface area contributed by atoms with Gasteiger partial charge in [0.15, 0.2) is 0 Å². The summed E-state index contributed by atoms with van der Waals surface area (Å²) >= 11 is 0. The lowest BCUT2D eigenvalue weighted by atomic mass is 10.1. The van der Waals surface area contributed by atoms with Gasteiger partial charge in [0.1, 0.15) is 0 Å². The van der Waals surface area contributed by atoms with Crippen LogP contribution < -0.4 is 10.2 Å². The molecule has 0 spiro atoms. The molecular formula is C15H24N2. The molecule has 1 aromatic carbocycles. The van der Waals surface area contributed by atoms with Gasteiger partial charge in [0, 0.05) is 24.8 Å². The zero-order valence-electron chi connectivity index (χ0n) is 11.1. The number of nitrogens with zero attached hydrogens (tertiary/aromatic N) is 1. The third-order valence-electron chi connectivity index (χ3n) is 3.51. The van der Waals surface area contributed by atoms with Gasteiger partial charge < -0.3 is 10.2 Å². The van der Waals surface area contributed by atoms with Crippen LogP contribution in [0.15, 0.2) is 24.3 Å². The van der Waals surface area contributed by atoms with Gasteiger partial charge in [-0.15, -0.1) is 0 Å². The van der Waals surface area contributed by atoms with Crippen LogP contribution in [0.5, 0.6) is 0 Å². The quantitative estimate of drug-likeness (QED) is 0.862. The summed E-state index contributed by atoms with van der Waals surface area (Å²) in [5, 5.41) is 3.65. The summed E-state index contributed by atoms with van der Waals surface area (Å²) in [6.07, 6.45) is 3.79. The molecule has 1 saturated heterocycles. The molecule has 0 saturated carbocycles. The standard InChI is InChI=1S/C15H24N2/c1-3-5-14-12-17(11-4-10-16-14)15-8-6-13(2)7-9-15/h6-9,14,16H,3-5,10-12H2,1-2H3. The molecule has 0 aromatic heterocycles. The van der Waals surface area contributed by atoms with E-state index in [2.05, 4.69) is 48.3 Å². The van der Waals surface area contributed by atoms with Crippen molar-refractivity contribution in [3.8, 4) is 0 Å². The highest BCUT2D eigenvalue weighted by molar-refractivity contribution is 5.47. The summed E-state index contributed by atoms with van der Waals surface area (Å²) in [4.78, 5) is 2.53. The van der Waals surface area contributed by atoms with Gasteiger partial charge in [0.2, 0.25) is 0 Å². The second-order valence-electron chi connectivity index (χ2n) is 5.07. The Balaban J connectivity index is 2.05. The van der Waals surface area contributed by atoms with Gasteiger partial charge in [-0.2, -0.15) is 0 Å². The van der Waals surface area contributed by atoms with Crippen LogP contribution in [0.25, 0.3) is 0 Å². The first-order valence-electron chi connectivity index (χ1n) is 6.84. The van der Waals surface area contributed by atoms with Crippen LogP contribution in [0, 0.1) is 6.92 Å². The van der Waals surface area contributed by atoms with Gasteiger partial charge in [-0.1, -0.05) is 31.0 Å². The summed E-state index contributed by atoms with van der Waals surface area (Å²) in [6.45, 7) is 7.90. The summed E-state index contributed by atoms with van der Waals surface area (Å²) in [5.41, 5.74) is 2.72. The largest absolute Gasteiger partial charge is 0.370 e. The third-order valence-corrected chi connectivity index (χ3v) is 3.51. The van der Waals surface area contributed by atoms with Crippen LogP contribution in [-0.4, -0.2) is 25.7 Å². The van der Waals surface area contributed by atoms with Crippen molar-refractivity contribution in [2.24, 2.45) is 0 Å². The fraction of sp³-hybridized carbons (Fsp3) is 0.600. The molecule has 94 valence electrons. The molecule has 2 nitrogen and oxygen atoms in total. The lowest BCUT2D eigenvalue weighted by Gasteiger charge is -2.26. The van der Waals surface area contributed by atoms with Crippen LogP contribution in [-0.2, 0) is 0 Å². The number of nitrogens with one attached hydrogen (secondary N) is 1. The Morgan fingerprint density at radius 3 is 2.76 bits per heavy atom. The van der Waals surface area contributed by atoms with E-state index in [4.69, 9.17) is 0 Å². The van der Waals surface area contributed by atoms with Gasteiger partial charge in [0.05, 0.1) is 0 Å². The van der Waals surface area contributed by atoms with Crippen LogP contribution >= 0.6 is 0 Å². The SMILES string of the molecule is CCCC1CN(c2ccc(C)cc2)CCCN1. The van der Waals surface area contributed by atoms with Crippen molar-refractivity contribution in [2.75, 3.05) is 24.5 Å². The smallest absolute Gasteiger partial charge is 0.0366 e. The van der Waals surface area contributed by atoms with Crippen molar-refractivity contribution >= 4 is 5.69 Å². The first-order valence-corrected chi connectivity index (χ1v) is 6.84. The van der Waals surface area contributed by atoms with E-state index in [0.29, 0.717) is 6.04 Å². The maximum atomic E-state index is 3.65. The lowest BCUT2D eigenvalue weighted by Crippen LogP contribution is -2.37. The minimum Gasteiger partial charge on any atom is -0.370 e. The molecule has 1 N–H and O–H groups in total. The molecule has 1 aromatic rings. The maximum absolute atomic E-state index is 3.65. The number of hydrogen-bond acceptors (Lipinski definition) is 2. The van der Waals surface area contributed by atoms with E-state index in [9.17, 15) is 0 Å². The molecule has 1 unspecified atom stereocenters. The summed E-state index contributed by atoms with van der Waals surface area (Å²) < 4.78 is 0. The van der Waals surface area contributed by atoms with Crippen molar-refractivity contribution in [1.82, 2.24) is 5.32 Å². The molecule has 0 radical (unpaired) electrons. The van der Waals surface area contributed by atoms with E-state index in [1.807, 2.05) is 0 Å². The summed E-state index contributed by atoms with van der Waals surface area (Å²) in [5.74, 6) is 0. The minimum absolute atomic E-state index is 0.656. The Morgan fingerprint density at radius 1 is 1.29 bits per heavy atom. The van der Waals surface area contributed by atoms with Gasteiger partial charge in [-0.05, 0) is 38.4 Å². The van der Waals surface area contributed by atoms with Gasteiger partial charge in [-0.3, -0.25) is 0 Å². The van der Waals surface area contributed by atoms with E-state index < -0.39 is 0 Å². The second-order valence-corrected chi connectivity index (χ2v) is 5.07. The Hall–Kier alpha value is -1.02. The first kappa shape index (κ1) is 12.4. The van der Waals surface area contributed by atoms with E-state index in [1.54, 1.807) is 0 Å². The summed E-state index contributed by atoms with van der Waals surface area (Å²) in [6, 6.07) is 9.59. The van der Waals surface area contributed by atoms with Gasteiger partial charge in [0.25, 0.3) is 0 Å². The molecule has 0 bridgehead atoms. The van der Waals surface area contributed by atoms with Crippen LogP contribution in [0.4, 0.5) is 5.69 Å². The highest BCUT2D eigenvalue weighted by atomic mass is 15.2. The molecule has 0 aliphatic carbocycles. The van der Waals surface area contributed by atoms with E-state index in [-0.39, 0.29) is 0 Å². The number of aryl methyl sites for hydroxylation is 1. The van der Waals surface area contributed by atoms with Crippen molar-refractivity contribution < 1.29 is 0 Å².